The van der Waals surface area contributed by atoms with Gasteiger partial charge in [-0.25, -0.2) is 0 Å². The number of hydrogen-bond acceptors (Lipinski definition) is 4. The number of halogens is 4. The van der Waals surface area contributed by atoms with E-state index in [4.69, 9.17) is 11.6 Å². The summed E-state index contributed by atoms with van der Waals surface area (Å²) in [5, 5.41) is 2.45. The lowest BCUT2D eigenvalue weighted by Crippen LogP contribution is -2.16. The van der Waals surface area contributed by atoms with Gasteiger partial charge in [-0.1, -0.05) is 35.1 Å². The van der Waals surface area contributed by atoms with Crippen molar-refractivity contribution in [3.8, 4) is 0 Å². The zero-order valence-corrected chi connectivity index (χ0v) is 12.9. The van der Waals surface area contributed by atoms with Crippen LogP contribution in [0.25, 0.3) is 0 Å². The summed E-state index contributed by atoms with van der Waals surface area (Å²) in [5.74, 6) is 0.554. The molecule has 0 radical (unpaired) electrons. The number of amides is 1. The lowest BCUT2D eigenvalue weighted by atomic mass is 10.2. The number of alkyl halides is 3. The number of aliphatic imine (C=N–C) groups is 1. The summed E-state index contributed by atoms with van der Waals surface area (Å²) in [5.41, 5.74) is -0.899. The van der Waals surface area contributed by atoms with E-state index in [0.29, 0.717) is 0 Å². The number of carbonyl (C=O) groups is 1. The highest BCUT2D eigenvalue weighted by atomic mass is 35.5. The third kappa shape index (κ3) is 4.82. The normalized spacial score (nSPS) is 15.0. The molecule has 1 aromatic rings. The molecule has 0 spiro atoms. The lowest BCUT2D eigenvalue weighted by Gasteiger charge is -2.11. The molecule has 9 heteroatoms. The molecule has 1 N–H and O–H groups in total. The van der Waals surface area contributed by atoms with Gasteiger partial charge in [0.15, 0.2) is 0 Å². The van der Waals surface area contributed by atoms with Crippen LogP contribution in [0.1, 0.15) is 5.56 Å². The highest BCUT2D eigenvalue weighted by molar-refractivity contribution is 8.39. The van der Waals surface area contributed by atoms with Gasteiger partial charge < -0.3 is 5.32 Å². The highest BCUT2D eigenvalue weighted by Gasteiger charge is 2.31. The molecule has 0 saturated heterocycles. The first kappa shape index (κ1) is 16.5. The van der Waals surface area contributed by atoms with Gasteiger partial charge in [0.2, 0.25) is 5.91 Å². The fourth-order valence-corrected chi connectivity index (χ4v) is 3.49. The van der Waals surface area contributed by atoms with Gasteiger partial charge in [-0.05, 0) is 18.2 Å². The van der Waals surface area contributed by atoms with Crippen LogP contribution in [0.15, 0.2) is 23.2 Å². The number of anilines is 1. The van der Waals surface area contributed by atoms with Crippen molar-refractivity contribution in [2.75, 3.05) is 23.4 Å². The van der Waals surface area contributed by atoms with E-state index in [1.165, 1.54) is 11.8 Å². The van der Waals surface area contributed by atoms with Crippen molar-refractivity contribution in [2.24, 2.45) is 4.99 Å². The Morgan fingerprint density at radius 2 is 2.24 bits per heavy atom. The third-order valence-electron chi connectivity index (χ3n) is 2.45. The van der Waals surface area contributed by atoms with Crippen LogP contribution in [0, 0.1) is 0 Å². The maximum Gasteiger partial charge on any atom is 0.416 e. The van der Waals surface area contributed by atoms with E-state index in [2.05, 4.69) is 10.3 Å². The van der Waals surface area contributed by atoms with Crippen LogP contribution in [-0.4, -0.2) is 28.3 Å². The molecule has 114 valence electrons. The van der Waals surface area contributed by atoms with Crippen molar-refractivity contribution >= 4 is 51.1 Å². The third-order valence-corrected chi connectivity index (χ3v) is 5.03. The van der Waals surface area contributed by atoms with Crippen LogP contribution >= 0.6 is 35.1 Å². The zero-order valence-electron chi connectivity index (χ0n) is 10.5. The van der Waals surface area contributed by atoms with Crippen molar-refractivity contribution in [3.63, 3.8) is 0 Å². The van der Waals surface area contributed by atoms with Gasteiger partial charge in [-0.2, -0.15) is 13.2 Å². The predicted molar refractivity (Wildman–Crippen MR) is 82.3 cm³/mol. The van der Waals surface area contributed by atoms with Gasteiger partial charge in [0.1, 0.15) is 4.38 Å². The molecule has 1 aromatic carbocycles. The second-order valence-corrected chi connectivity index (χ2v) is 6.74. The fourth-order valence-electron chi connectivity index (χ4n) is 1.51. The largest absolute Gasteiger partial charge is 0.416 e. The molecule has 3 nitrogen and oxygen atoms in total. The minimum absolute atomic E-state index is 0.0434. The van der Waals surface area contributed by atoms with E-state index in [1.54, 1.807) is 11.8 Å². The second kappa shape index (κ2) is 6.93. The Labute approximate surface area is 132 Å². The molecule has 1 aliphatic rings. The lowest BCUT2D eigenvalue weighted by molar-refractivity contribution is -0.137. The average molecular weight is 355 g/mol. The molecule has 21 heavy (non-hydrogen) atoms. The Morgan fingerprint density at radius 1 is 1.48 bits per heavy atom. The smallest absolute Gasteiger partial charge is 0.324 e. The van der Waals surface area contributed by atoms with Crippen molar-refractivity contribution in [1.82, 2.24) is 0 Å². The maximum atomic E-state index is 12.6. The van der Waals surface area contributed by atoms with Crippen LogP contribution in [0.5, 0.6) is 0 Å². The molecule has 1 aliphatic heterocycles. The van der Waals surface area contributed by atoms with Crippen LogP contribution < -0.4 is 5.32 Å². The average Bonchev–Trinajstić information content (AvgIpc) is 2.91. The molecule has 0 bridgehead atoms. The first-order valence-electron chi connectivity index (χ1n) is 5.83. The van der Waals surface area contributed by atoms with Crippen molar-refractivity contribution < 1.29 is 18.0 Å². The Hall–Kier alpha value is -0.860. The second-order valence-electron chi connectivity index (χ2n) is 4.03. The summed E-state index contributed by atoms with van der Waals surface area (Å²) in [6.45, 7) is 0.730. The maximum absolute atomic E-state index is 12.6. The first-order valence-corrected chi connectivity index (χ1v) is 8.18. The van der Waals surface area contributed by atoms with Gasteiger partial charge in [0, 0.05) is 5.75 Å². The number of hydrogen-bond donors (Lipinski definition) is 1. The van der Waals surface area contributed by atoms with E-state index in [-0.39, 0.29) is 16.5 Å². The molecule has 0 unspecified atom stereocenters. The predicted octanol–water partition coefficient (Wildman–Crippen LogP) is 4.13. The molecular weight excluding hydrogens is 345 g/mol. The van der Waals surface area contributed by atoms with E-state index in [9.17, 15) is 18.0 Å². The number of thioether (sulfide) groups is 2. The Bertz CT molecular complexity index is 578. The molecule has 1 heterocycles. The van der Waals surface area contributed by atoms with Crippen molar-refractivity contribution in [1.29, 1.82) is 0 Å². The number of benzene rings is 1. The highest BCUT2D eigenvalue weighted by Crippen LogP contribution is 2.34. The SMILES string of the molecule is O=C(CSC1=NCCS1)Nc1cc(C(F)(F)F)ccc1Cl. The summed E-state index contributed by atoms with van der Waals surface area (Å²) in [6, 6.07) is 2.81. The number of nitrogens with one attached hydrogen (secondary N) is 1. The molecule has 0 atom stereocenters. The Balaban J connectivity index is 1.99. The minimum Gasteiger partial charge on any atom is -0.324 e. The van der Waals surface area contributed by atoms with Crippen LogP contribution in [0.4, 0.5) is 18.9 Å². The van der Waals surface area contributed by atoms with Crippen LogP contribution in [-0.2, 0) is 11.0 Å². The molecule has 0 fully saturated rings. The van der Waals surface area contributed by atoms with E-state index < -0.39 is 17.6 Å². The fraction of sp³-hybridized carbons (Fsp3) is 0.333. The molecule has 0 aliphatic carbocycles. The molecule has 2 rings (SSSR count). The monoisotopic (exact) mass is 354 g/mol. The van der Waals surface area contributed by atoms with Crippen LogP contribution in [0.2, 0.25) is 5.02 Å². The Morgan fingerprint density at radius 3 is 2.86 bits per heavy atom. The number of nitrogens with zero attached hydrogens (tertiary/aromatic N) is 1. The summed E-state index contributed by atoms with van der Waals surface area (Å²) < 4.78 is 38.7. The molecule has 1 amide bonds. The number of rotatable bonds is 3. The van der Waals surface area contributed by atoms with E-state index in [1.807, 2.05) is 0 Å². The van der Waals surface area contributed by atoms with Gasteiger partial charge in [0.05, 0.1) is 28.6 Å². The van der Waals surface area contributed by atoms with E-state index >= 15 is 0 Å². The molecule has 0 saturated carbocycles. The Kier molecular flexibility index (Phi) is 5.45. The minimum atomic E-state index is -4.48. The summed E-state index contributed by atoms with van der Waals surface area (Å²) in [4.78, 5) is 15.9. The van der Waals surface area contributed by atoms with Gasteiger partial charge in [0.25, 0.3) is 0 Å². The summed E-state index contributed by atoms with van der Waals surface area (Å²) >= 11 is 8.62. The van der Waals surface area contributed by atoms with Gasteiger partial charge >= 0.3 is 6.18 Å². The standard InChI is InChI=1S/C12H10ClF3N2OS2/c13-8-2-1-7(12(14,15)16)5-9(8)18-10(19)6-21-11-17-3-4-20-11/h1-2,5H,3-4,6H2,(H,18,19). The van der Waals surface area contributed by atoms with Gasteiger partial charge in [-0.15, -0.1) is 0 Å². The van der Waals surface area contributed by atoms with E-state index in [0.717, 1.165) is 34.9 Å². The topological polar surface area (TPSA) is 41.5 Å². The number of carbonyl (C=O) groups excluding carboxylic acids is 1. The summed E-state index contributed by atoms with van der Waals surface area (Å²) in [7, 11) is 0. The zero-order chi connectivity index (χ0) is 15.5. The first-order chi connectivity index (χ1) is 9.86. The van der Waals surface area contributed by atoms with Crippen molar-refractivity contribution in [2.45, 2.75) is 6.18 Å². The molecule has 0 aromatic heterocycles. The van der Waals surface area contributed by atoms with Crippen LogP contribution in [0.3, 0.4) is 0 Å². The quantitative estimate of drug-likeness (QED) is 0.887. The van der Waals surface area contributed by atoms with Crippen molar-refractivity contribution in [3.05, 3.63) is 28.8 Å². The summed E-state index contributed by atoms with van der Waals surface area (Å²) in [6.07, 6.45) is -4.48. The van der Waals surface area contributed by atoms with Gasteiger partial charge in [-0.3, -0.25) is 9.79 Å². The molecular formula is C12H10ClF3N2OS2.